The summed E-state index contributed by atoms with van der Waals surface area (Å²) in [5.41, 5.74) is 0.406. The standard InChI is InChI=1S/C20H17Cl2N3O5S/c21-16-5-4-11(31-16)9-30-17-8-14(15-10-29-7-6-23-15)24-25(17)19(26)12-2-1-3-13(18(12)22)20(27)28/h1-5,8,15,23H,6-7,9-10H2,(H,27,28). The average molecular weight is 482 g/mol. The number of thiophene rings is 1. The van der Waals surface area contributed by atoms with Crippen LogP contribution in [0.5, 0.6) is 5.88 Å². The van der Waals surface area contributed by atoms with Crippen molar-refractivity contribution in [1.82, 2.24) is 15.1 Å². The molecule has 1 aliphatic rings. The molecule has 1 unspecified atom stereocenters. The lowest BCUT2D eigenvalue weighted by Gasteiger charge is -2.21. The summed E-state index contributed by atoms with van der Waals surface area (Å²) in [7, 11) is 0. The summed E-state index contributed by atoms with van der Waals surface area (Å²) in [4.78, 5) is 25.5. The monoisotopic (exact) mass is 481 g/mol. The smallest absolute Gasteiger partial charge is 0.337 e. The van der Waals surface area contributed by atoms with E-state index in [4.69, 9.17) is 32.7 Å². The highest BCUT2D eigenvalue weighted by atomic mass is 35.5. The van der Waals surface area contributed by atoms with Gasteiger partial charge in [-0.3, -0.25) is 4.79 Å². The molecule has 162 valence electrons. The Kier molecular flexibility index (Phi) is 6.59. The molecule has 3 aromatic rings. The fourth-order valence-corrected chi connectivity index (χ4v) is 4.39. The summed E-state index contributed by atoms with van der Waals surface area (Å²) in [6, 6.07) is 9.29. The van der Waals surface area contributed by atoms with Crippen molar-refractivity contribution in [1.29, 1.82) is 0 Å². The number of nitrogens with one attached hydrogen (secondary N) is 1. The van der Waals surface area contributed by atoms with Crippen molar-refractivity contribution in [2.45, 2.75) is 12.6 Å². The Labute approximate surface area is 191 Å². The zero-order valence-corrected chi connectivity index (χ0v) is 18.3. The highest BCUT2D eigenvalue weighted by molar-refractivity contribution is 7.16. The maximum Gasteiger partial charge on any atom is 0.337 e. The topological polar surface area (TPSA) is 103 Å². The second-order valence-electron chi connectivity index (χ2n) is 6.67. The first-order valence-electron chi connectivity index (χ1n) is 9.28. The van der Waals surface area contributed by atoms with E-state index in [0.717, 1.165) is 9.56 Å². The highest BCUT2D eigenvalue weighted by Gasteiger charge is 2.26. The molecule has 2 N–H and O–H groups in total. The van der Waals surface area contributed by atoms with Gasteiger partial charge in [0.05, 0.1) is 45.4 Å². The molecule has 2 aromatic heterocycles. The summed E-state index contributed by atoms with van der Waals surface area (Å²) < 4.78 is 13.1. The van der Waals surface area contributed by atoms with Crippen molar-refractivity contribution in [3.05, 3.63) is 67.5 Å². The van der Waals surface area contributed by atoms with Gasteiger partial charge in [0.1, 0.15) is 6.61 Å². The maximum atomic E-state index is 13.2. The third kappa shape index (κ3) is 4.76. The predicted octanol–water partition coefficient (Wildman–Crippen LogP) is 3.88. The minimum Gasteiger partial charge on any atom is -0.478 e. The van der Waals surface area contributed by atoms with Crippen LogP contribution in [0.1, 0.15) is 37.3 Å². The molecule has 1 aliphatic heterocycles. The van der Waals surface area contributed by atoms with Gasteiger partial charge in [-0.05, 0) is 24.3 Å². The first kappa shape index (κ1) is 21.8. The lowest BCUT2D eigenvalue weighted by molar-refractivity contribution is 0.0697. The van der Waals surface area contributed by atoms with Crippen LogP contribution < -0.4 is 10.1 Å². The van der Waals surface area contributed by atoms with Crippen molar-refractivity contribution in [3.8, 4) is 5.88 Å². The van der Waals surface area contributed by atoms with Crippen LogP contribution in [0.25, 0.3) is 0 Å². The maximum absolute atomic E-state index is 13.2. The fraction of sp³-hybridized carbons (Fsp3) is 0.250. The molecule has 0 aliphatic carbocycles. The molecule has 0 amide bonds. The Morgan fingerprint density at radius 3 is 2.77 bits per heavy atom. The third-order valence-corrected chi connectivity index (χ3v) is 6.23. The van der Waals surface area contributed by atoms with Crippen LogP contribution in [0, 0.1) is 0 Å². The molecule has 4 rings (SSSR count). The zero-order valence-electron chi connectivity index (χ0n) is 16.0. The van der Waals surface area contributed by atoms with E-state index < -0.39 is 11.9 Å². The van der Waals surface area contributed by atoms with Crippen LogP contribution in [0.3, 0.4) is 0 Å². The van der Waals surface area contributed by atoms with E-state index in [9.17, 15) is 14.7 Å². The lowest BCUT2D eigenvalue weighted by Crippen LogP contribution is -2.35. The van der Waals surface area contributed by atoms with E-state index in [1.807, 2.05) is 6.07 Å². The van der Waals surface area contributed by atoms with Gasteiger partial charge in [0, 0.05) is 17.5 Å². The Morgan fingerprint density at radius 2 is 2.10 bits per heavy atom. The number of benzene rings is 1. The van der Waals surface area contributed by atoms with Crippen LogP contribution in [-0.4, -0.2) is 46.5 Å². The van der Waals surface area contributed by atoms with Crippen LogP contribution in [0.4, 0.5) is 0 Å². The minimum atomic E-state index is -1.23. The third-order valence-electron chi connectivity index (χ3n) is 4.62. The number of carboxylic acid groups (broad SMARTS) is 1. The Balaban J connectivity index is 1.68. The quantitative estimate of drug-likeness (QED) is 0.550. The van der Waals surface area contributed by atoms with Crippen LogP contribution in [-0.2, 0) is 11.3 Å². The second kappa shape index (κ2) is 9.37. The molecule has 0 bridgehead atoms. The van der Waals surface area contributed by atoms with Gasteiger partial charge in [-0.1, -0.05) is 29.3 Å². The molecule has 0 radical (unpaired) electrons. The number of carboxylic acids is 1. The molecular formula is C20H17Cl2N3O5S. The van der Waals surface area contributed by atoms with Gasteiger partial charge in [0.2, 0.25) is 5.88 Å². The molecule has 3 heterocycles. The predicted molar refractivity (Wildman–Crippen MR) is 116 cm³/mol. The molecule has 8 nitrogen and oxygen atoms in total. The Hall–Kier alpha value is -2.43. The summed E-state index contributed by atoms with van der Waals surface area (Å²) in [6.45, 7) is 1.84. The molecule has 1 fully saturated rings. The molecular weight excluding hydrogens is 465 g/mol. The number of halogens is 2. The highest BCUT2D eigenvalue weighted by Crippen LogP contribution is 2.28. The molecule has 11 heteroatoms. The van der Waals surface area contributed by atoms with Crippen LogP contribution in [0.2, 0.25) is 9.36 Å². The number of carbonyl (C=O) groups excluding carboxylic acids is 1. The minimum absolute atomic E-state index is 0.00749. The summed E-state index contributed by atoms with van der Waals surface area (Å²) in [5, 5.41) is 16.8. The van der Waals surface area contributed by atoms with E-state index in [2.05, 4.69) is 10.4 Å². The molecule has 1 atom stereocenters. The van der Waals surface area contributed by atoms with Crippen molar-refractivity contribution in [3.63, 3.8) is 0 Å². The SMILES string of the molecule is O=C(O)c1cccc(C(=O)n2nc(C3COCCN3)cc2OCc2ccc(Cl)s2)c1Cl. The largest absolute Gasteiger partial charge is 0.478 e. The van der Waals surface area contributed by atoms with E-state index >= 15 is 0 Å². The van der Waals surface area contributed by atoms with Crippen molar-refractivity contribution in [2.75, 3.05) is 19.8 Å². The number of ether oxygens (including phenoxy) is 2. The van der Waals surface area contributed by atoms with Crippen molar-refractivity contribution >= 4 is 46.4 Å². The number of morpholine rings is 1. The number of hydrogen-bond acceptors (Lipinski definition) is 7. The van der Waals surface area contributed by atoms with Gasteiger partial charge in [-0.2, -0.15) is 9.78 Å². The van der Waals surface area contributed by atoms with Gasteiger partial charge in [-0.25, -0.2) is 4.79 Å². The summed E-state index contributed by atoms with van der Waals surface area (Å²) >= 11 is 13.5. The average Bonchev–Trinajstić information content (AvgIpc) is 3.38. The number of carbonyl (C=O) groups is 2. The normalized spacial score (nSPS) is 16.3. The molecule has 1 aromatic carbocycles. The fourth-order valence-electron chi connectivity index (χ4n) is 3.11. The van der Waals surface area contributed by atoms with E-state index in [-0.39, 0.29) is 34.7 Å². The van der Waals surface area contributed by atoms with Gasteiger partial charge < -0.3 is 19.9 Å². The van der Waals surface area contributed by atoms with Gasteiger partial charge in [-0.15, -0.1) is 11.3 Å². The summed E-state index contributed by atoms with van der Waals surface area (Å²) in [6.07, 6.45) is 0. The Morgan fingerprint density at radius 1 is 1.29 bits per heavy atom. The van der Waals surface area contributed by atoms with E-state index in [1.165, 1.54) is 29.5 Å². The lowest BCUT2D eigenvalue weighted by atomic mass is 10.1. The van der Waals surface area contributed by atoms with Gasteiger partial charge in [0.25, 0.3) is 5.91 Å². The van der Waals surface area contributed by atoms with Crippen molar-refractivity contribution in [2.24, 2.45) is 0 Å². The zero-order chi connectivity index (χ0) is 22.0. The molecule has 31 heavy (non-hydrogen) atoms. The van der Waals surface area contributed by atoms with Gasteiger partial charge >= 0.3 is 5.97 Å². The van der Waals surface area contributed by atoms with Crippen LogP contribution in [0.15, 0.2) is 36.4 Å². The van der Waals surface area contributed by atoms with Crippen LogP contribution >= 0.6 is 34.5 Å². The number of hydrogen-bond donors (Lipinski definition) is 2. The number of rotatable bonds is 6. The summed E-state index contributed by atoms with van der Waals surface area (Å²) in [5.74, 6) is -1.63. The van der Waals surface area contributed by atoms with Crippen molar-refractivity contribution < 1.29 is 24.2 Å². The van der Waals surface area contributed by atoms with E-state index in [0.29, 0.717) is 29.8 Å². The number of nitrogens with zero attached hydrogens (tertiary/aromatic N) is 2. The molecule has 1 saturated heterocycles. The number of aromatic nitrogens is 2. The molecule has 0 saturated carbocycles. The van der Waals surface area contributed by atoms with Gasteiger partial charge in [0.15, 0.2) is 0 Å². The van der Waals surface area contributed by atoms with E-state index in [1.54, 1.807) is 12.1 Å². The second-order valence-corrected chi connectivity index (χ2v) is 8.85. The Bertz CT molecular complexity index is 1120. The first-order valence-corrected chi connectivity index (χ1v) is 10.9. The first-order chi connectivity index (χ1) is 14.9. The number of aromatic carboxylic acids is 1. The molecule has 0 spiro atoms.